The molecule has 1 N–H and O–H groups in total. The van der Waals surface area contributed by atoms with Crippen LogP contribution in [0.15, 0.2) is 53.6 Å². The van der Waals surface area contributed by atoms with Gasteiger partial charge in [0.15, 0.2) is 5.65 Å². The van der Waals surface area contributed by atoms with E-state index in [-0.39, 0.29) is 11.6 Å². The molecule has 0 atom stereocenters. The van der Waals surface area contributed by atoms with E-state index >= 15 is 0 Å². The van der Waals surface area contributed by atoms with E-state index in [4.69, 9.17) is 0 Å². The molecule has 0 aliphatic heterocycles. The van der Waals surface area contributed by atoms with E-state index in [0.29, 0.717) is 5.71 Å². The molecule has 4 rings (SSSR count). The Morgan fingerprint density at radius 2 is 1.93 bits per heavy atom. The summed E-state index contributed by atoms with van der Waals surface area (Å²) < 4.78 is 2.08. The molecular formula is C19H17N7O2. The summed E-state index contributed by atoms with van der Waals surface area (Å²) in [5, 5.41) is 24.5. The average molecular weight is 375 g/mol. The summed E-state index contributed by atoms with van der Waals surface area (Å²) in [6.45, 7) is 4.61. The van der Waals surface area contributed by atoms with Gasteiger partial charge in [-0.3, -0.25) is 10.1 Å². The second kappa shape index (κ2) is 7.03. The van der Waals surface area contributed by atoms with E-state index < -0.39 is 4.92 Å². The Morgan fingerprint density at radius 3 is 2.64 bits per heavy atom. The molecule has 2 aromatic carbocycles. The van der Waals surface area contributed by atoms with Gasteiger partial charge in [-0.15, -0.1) is 10.2 Å². The maximum absolute atomic E-state index is 10.8. The number of nitro benzene ring substituents is 1. The minimum absolute atomic E-state index is 0.0369. The molecule has 0 spiro atoms. The number of hydrogen-bond donors (Lipinski definition) is 1. The van der Waals surface area contributed by atoms with Gasteiger partial charge in [-0.1, -0.05) is 18.2 Å². The van der Waals surface area contributed by atoms with Crippen LogP contribution in [0.5, 0.6) is 0 Å². The highest BCUT2D eigenvalue weighted by Crippen LogP contribution is 2.26. The van der Waals surface area contributed by atoms with Gasteiger partial charge < -0.3 is 4.57 Å². The molecular weight excluding hydrogens is 358 g/mol. The smallest absolute Gasteiger partial charge is 0.269 e. The standard InChI is InChI=1S/C19H17N7O2/c1-3-25-16-7-5-4-6-15(16)17-18(25)20-19(24-22-17)23-21-12(2)13-8-10-14(11-9-13)26(27)28/h4-11H,3H2,1-2H3,(H,20,23,24)/b21-12+. The number of anilines is 1. The monoisotopic (exact) mass is 375 g/mol. The van der Waals surface area contributed by atoms with Crippen molar-refractivity contribution in [2.45, 2.75) is 20.4 Å². The van der Waals surface area contributed by atoms with Crippen LogP contribution in [0.3, 0.4) is 0 Å². The second-order valence-corrected chi connectivity index (χ2v) is 6.18. The zero-order chi connectivity index (χ0) is 19.7. The highest BCUT2D eigenvalue weighted by molar-refractivity contribution is 6.04. The van der Waals surface area contributed by atoms with Gasteiger partial charge in [0.05, 0.1) is 16.2 Å². The highest BCUT2D eigenvalue weighted by Gasteiger charge is 2.13. The van der Waals surface area contributed by atoms with Crippen molar-refractivity contribution < 1.29 is 4.92 Å². The molecule has 0 bridgehead atoms. The van der Waals surface area contributed by atoms with Crippen molar-refractivity contribution in [1.82, 2.24) is 19.7 Å². The van der Waals surface area contributed by atoms with Gasteiger partial charge in [0.1, 0.15) is 5.52 Å². The number of para-hydroxylation sites is 1. The number of nitrogens with one attached hydrogen (secondary N) is 1. The molecule has 0 aliphatic carbocycles. The van der Waals surface area contributed by atoms with Crippen molar-refractivity contribution in [2.24, 2.45) is 5.10 Å². The number of nitrogens with zero attached hydrogens (tertiary/aromatic N) is 6. The van der Waals surface area contributed by atoms with Crippen LogP contribution in [0.25, 0.3) is 22.1 Å². The van der Waals surface area contributed by atoms with Crippen LogP contribution in [0.2, 0.25) is 0 Å². The molecule has 28 heavy (non-hydrogen) atoms. The molecule has 2 heterocycles. The first-order valence-corrected chi connectivity index (χ1v) is 8.75. The number of hydrazone groups is 1. The van der Waals surface area contributed by atoms with Gasteiger partial charge in [0, 0.05) is 24.1 Å². The summed E-state index contributed by atoms with van der Waals surface area (Å²) in [5.41, 5.74) is 6.82. The lowest BCUT2D eigenvalue weighted by Gasteiger charge is -2.04. The fourth-order valence-electron chi connectivity index (χ4n) is 3.09. The molecule has 4 aromatic rings. The van der Waals surface area contributed by atoms with Crippen molar-refractivity contribution in [1.29, 1.82) is 0 Å². The molecule has 0 fully saturated rings. The molecule has 0 saturated heterocycles. The van der Waals surface area contributed by atoms with Crippen LogP contribution in [-0.4, -0.2) is 30.4 Å². The van der Waals surface area contributed by atoms with E-state index in [1.165, 1.54) is 12.1 Å². The number of nitro groups is 1. The third kappa shape index (κ3) is 3.02. The zero-order valence-corrected chi connectivity index (χ0v) is 15.3. The van der Waals surface area contributed by atoms with E-state index in [9.17, 15) is 10.1 Å². The molecule has 0 aliphatic rings. The minimum Gasteiger partial charge on any atom is -0.324 e. The summed E-state index contributed by atoms with van der Waals surface area (Å²) >= 11 is 0. The Hall–Kier alpha value is -3.88. The fraction of sp³-hybridized carbons (Fsp3) is 0.158. The number of hydrogen-bond acceptors (Lipinski definition) is 7. The first-order valence-electron chi connectivity index (χ1n) is 8.75. The van der Waals surface area contributed by atoms with Crippen LogP contribution in [0, 0.1) is 10.1 Å². The van der Waals surface area contributed by atoms with Crippen LogP contribution in [0.1, 0.15) is 19.4 Å². The summed E-state index contributed by atoms with van der Waals surface area (Å²) in [7, 11) is 0. The zero-order valence-electron chi connectivity index (χ0n) is 15.3. The molecule has 9 heteroatoms. The Bertz CT molecular complexity index is 1210. The van der Waals surface area contributed by atoms with E-state index in [2.05, 4.69) is 37.2 Å². The van der Waals surface area contributed by atoms with Crippen LogP contribution < -0.4 is 5.43 Å². The number of rotatable bonds is 5. The average Bonchev–Trinajstić information content (AvgIpc) is 3.05. The Labute approximate surface area is 159 Å². The highest BCUT2D eigenvalue weighted by atomic mass is 16.6. The predicted molar refractivity (Wildman–Crippen MR) is 107 cm³/mol. The fourth-order valence-corrected chi connectivity index (χ4v) is 3.09. The lowest BCUT2D eigenvalue weighted by atomic mass is 10.1. The van der Waals surface area contributed by atoms with E-state index in [0.717, 1.165) is 34.2 Å². The maximum Gasteiger partial charge on any atom is 0.269 e. The van der Waals surface area contributed by atoms with Gasteiger partial charge in [0.25, 0.3) is 11.6 Å². The second-order valence-electron chi connectivity index (χ2n) is 6.18. The first kappa shape index (κ1) is 17.5. The van der Waals surface area contributed by atoms with Gasteiger partial charge >= 0.3 is 0 Å². The van der Waals surface area contributed by atoms with Crippen LogP contribution >= 0.6 is 0 Å². The maximum atomic E-state index is 10.8. The molecule has 0 radical (unpaired) electrons. The predicted octanol–water partition coefficient (Wildman–Crippen LogP) is 3.74. The Balaban J connectivity index is 1.65. The summed E-state index contributed by atoms with van der Waals surface area (Å²) in [5.74, 6) is 0.284. The van der Waals surface area contributed by atoms with Crippen molar-refractivity contribution >= 4 is 39.4 Å². The van der Waals surface area contributed by atoms with Crippen molar-refractivity contribution in [2.75, 3.05) is 5.43 Å². The Morgan fingerprint density at radius 1 is 1.18 bits per heavy atom. The number of non-ortho nitro benzene ring substituents is 1. The topological polar surface area (TPSA) is 111 Å². The molecule has 2 aromatic heterocycles. The van der Waals surface area contributed by atoms with Gasteiger partial charge in [-0.2, -0.15) is 10.1 Å². The van der Waals surface area contributed by atoms with Crippen molar-refractivity contribution in [3.05, 3.63) is 64.2 Å². The molecule has 0 saturated carbocycles. The van der Waals surface area contributed by atoms with E-state index in [1.807, 2.05) is 24.3 Å². The lowest BCUT2D eigenvalue weighted by molar-refractivity contribution is -0.384. The largest absolute Gasteiger partial charge is 0.324 e. The summed E-state index contributed by atoms with van der Waals surface area (Å²) in [4.78, 5) is 14.9. The number of benzene rings is 2. The summed E-state index contributed by atoms with van der Waals surface area (Å²) in [6.07, 6.45) is 0. The Kier molecular flexibility index (Phi) is 4.40. The summed E-state index contributed by atoms with van der Waals surface area (Å²) in [6, 6.07) is 14.2. The first-order chi connectivity index (χ1) is 13.6. The van der Waals surface area contributed by atoms with E-state index in [1.54, 1.807) is 19.1 Å². The van der Waals surface area contributed by atoms with Crippen molar-refractivity contribution in [3.8, 4) is 0 Å². The molecule has 140 valence electrons. The van der Waals surface area contributed by atoms with Gasteiger partial charge in [-0.05, 0) is 37.6 Å². The van der Waals surface area contributed by atoms with Crippen molar-refractivity contribution in [3.63, 3.8) is 0 Å². The van der Waals surface area contributed by atoms with Gasteiger partial charge in [0.2, 0.25) is 0 Å². The minimum atomic E-state index is -0.434. The third-order valence-electron chi connectivity index (χ3n) is 4.51. The molecule has 9 nitrogen and oxygen atoms in total. The molecule has 0 unspecified atom stereocenters. The SMILES string of the molecule is CCn1c2ccccc2c2nnc(N/N=C(\C)c3ccc([N+](=O)[O-])cc3)nc21. The number of aryl methyl sites for hydroxylation is 1. The number of fused-ring (bicyclic) bond motifs is 3. The van der Waals surface area contributed by atoms with Gasteiger partial charge in [-0.25, -0.2) is 5.43 Å². The lowest BCUT2D eigenvalue weighted by Crippen LogP contribution is -2.05. The van der Waals surface area contributed by atoms with Crippen LogP contribution in [-0.2, 0) is 6.54 Å². The third-order valence-corrected chi connectivity index (χ3v) is 4.51. The normalized spacial score (nSPS) is 11.9. The van der Waals surface area contributed by atoms with Crippen LogP contribution in [0.4, 0.5) is 11.6 Å². The number of aromatic nitrogens is 4. The molecule has 0 amide bonds. The quantitative estimate of drug-likeness (QED) is 0.323.